The molecule has 1 N–H and O–H groups in total. The highest BCUT2D eigenvalue weighted by Crippen LogP contribution is 2.72. The molecule has 0 unspecified atom stereocenters. The summed E-state index contributed by atoms with van der Waals surface area (Å²) >= 11 is 0. The average molecular weight is 524 g/mol. The van der Waals surface area contributed by atoms with Crippen molar-refractivity contribution in [1.82, 2.24) is 4.57 Å². The zero-order valence-electron chi connectivity index (χ0n) is 24.0. The predicted molar refractivity (Wildman–Crippen MR) is 141 cm³/mol. The van der Waals surface area contributed by atoms with Crippen LogP contribution < -0.4 is 0 Å². The molecule has 2 heterocycles. The Labute approximate surface area is 225 Å². The van der Waals surface area contributed by atoms with Crippen LogP contribution in [0.1, 0.15) is 69.6 Å². The van der Waals surface area contributed by atoms with Gasteiger partial charge in [-0.1, -0.05) is 32.9 Å². The predicted octanol–water partition coefficient (Wildman–Crippen LogP) is 4.43. The van der Waals surface area contributed by atoms with Gasteiger partial charge >= 0.3 is 5.97 Å². The molecule has 5 aliphatic rings. The van der Waals surface area contributed by atoms with Gasteiger partial charge in [0.1, 0.15) is 6.10 Å². The molecular weight excluding hydrogens is 482 g/mol. The van der Waals surface area contributed by atoms with Crippen LogP contribution >= 0.6 is 0 Å². The SMILES string of the molecule is CC1=C[C@]23C(=O)[C@@H](C=C4COC(C)(C)O[C@H]4[C@]2(O)[C@H]1OC(=O)c1c(C)cn(C)c1C)[C@H]1[C@@H](C[C@H]3C)C1(C)C. The standard InChI is InChI=1S/C31H41NO6/c1-15-12-30-17(3)10-21-23(28(21,5)6)20(24(30)33)11-19-14-36-29(7,8)38-26(19)31(30,35)25(15)37-27(34)22-16(2)13-32(9)18(22)4/h11-13,17,20-21,23,25-26,35H,10,14H2,1-9H3/t17-,20+,21-,23+,25+,26-,30+,31-/m1/s1. The Morgan fingerprint density at radius 3 is 2.50 bits per heavy atom. The van der Waals surface area contributed by atoms with Crippen molar-refractivity contribution < 1.29 is 28.9 Å². The van der Waals surface area contributed by atoms with Gasteiger partial charge in [-0.05, 0) is 80.9 Å². The van der Waals surface area contributed by atoms with Gasteiger partial charge in [-0.25, -0.2) is 4.79 Å². The smallest absolute Gasteiger partial charge is 0.340 e. The van der Waals surface area contributed by atoms with Gasteiger partial charge in [0.15, 0.2) is 23.3 Å². The topological polar surface area (TPSA) is 87.0 Å². The minimum absolute atomic E-state index is 0.0128. The first-order valence-electron chi connectivity index (χ1n) is 13.9. The van der Waals surface area contributed by atoms with Crippen LogP contribution in [0, 0.1) is 48.3 Å². The fourth-order valence-corrected chi connectivity index (χ4v) is 8.69. The molecule has 2 bridgehead atoms. The highest BCUT2D eigenvalue weighted by Gasteiger charge is 2.77. The Balaban J connectivity index is 1.52. The van der Waals surface area contributed by atoms with E-state index in [0.29, 0.717) is 17.1 Å². The molecule has 8 atom stereocenters. The minimum Gasteiger partial charge on any atom is -0.451 e. The first kappa shape index (κ1) is 26.0. The maximum atomic E-state index is 14.8. The molecule has 0 aromatic carbocycles. The van der Waals surface area contributed by atoms with Crippen molar-refractivity contribution in [2.24, 2.45) is 41.5 Å². The van der Waals surface area contributed by atoms with Crippen molar-refractivity contribution in [3.8, 4) is 0 Å². The lowest BCUT2D eigenvalue weighted by molar-refractivity contribution is -0.302. The molecule has 3 fully saturated rings. The quantitative estimate of drug-likeness (QED) is 0.456. The van der Waals surface area contributed by atoms with E-state index in [1.54, 1.807) is 0 Å². The summed E-state index contributed by atoms with van der Waals surface area (Å²) in [6, 6.07) is 0. The maximum Gasteiger partial charge on any atom is 0.340 e. The van der Waals surface area contributed by atoms with E-state index in [1.807, 2.05) is 64.6 Å². The lowest BCUT2D eigenvalue weighted by Gasteiger charge is -2.52. The highest BCUT2D eigenvalue weighted by molar-refractivity contribution is 5.96. The third-order valence-electron chi connectivity index (χ3n) is 10.8. The Bertz CT molecular complexity index is 1320. The third-order valence-corrected chi connectivity index (χ3v) is 10.8. The van der Waals surface area contributed by atoms with Crippen LogP contribution in [0.25, 0.3) is 0 Å². The molecule has 0 amide bonds. The Morgan fingerprint density at radius 1 is 1.18 bits per heavy atom. The lowest BCUT2D eigenvalue weighted by Crippen LogP contribution is -2.68. The normalized spacial score (nSPS) is 42.1. The number of ether oxygens (including phenoxy) is 3. The van der Waals surface area contributed by atoms with Crippen molar-refractivity contribution in [3.63, 3.8) is 0 Å². The van der Waals surface area contributed by atoms with E-state index in [1.165, 1.54) is 0 Å². The number of hydrogen-bond donors (Lipinski definition) is 1. The van der Waals surface area contributed by atoms with Crippen molar-refractivity contribution in [2.45, 2.75) is 85.4 Å². The Kier molecular flexibility index (Phi) is 5.28. The molecule has 7 heteroatoms. The summed E-state index contributed by atoms with van der Waals surface area (Å²) in [4.78, 5) is 28.5. The summed E-state index contributed by atoms with van der Waals surface area (Å²) in [5, 5.41) is 13.1. The fourth-order valence-electron chi connectivity index (χ4n) is 8.69. The summed E-state index contributed by atoms with van der Waals surface area (Å²) in [6.07, 6.45) is 4.77. The van der Waals surface area contributed by atoms with Gasteiger partial charge in [-0.15, -0.1) is 0 Å². The second-order valence-electron chi connectivity index (χ2n) is 13.7. The van der Waals surface area contributed by atoms with Crippen LogP contribution in [0.3, 0.4) is 0 Å². The van der Waals surface area contributed by atoms with Crippen LogP contribution in [-0.4, -0.2) is 51.6 Å². The van der Waals surface area contributed by atoms with Crippen LogP contribution in [0.4, 0.5) is 0 Å². The third kappa shape index (κ3) is 3.07. The summed E-state index contributed by atoms with van der Waals surface area (Å²) in [6.45, 7) is 16.1. The zero-order chi connectivity index (χ0) is 27.7. The van der Waals surface area contributed by atoms with Crippen LogP contribution in [-0.2, 0) is 26.1 Å². The molecule has 1 aliphatic heterocycles. The lowest BCUT2D eigenvalue weighted by atomic mass is 9.59. The summed E-state index contributed by atoms with van der Waals surface area (Å²) in [5.74, 6) is -1.39. The Hall–Kier alpha value is -2.22. The zero-order valence-corrected chi connectivity index (χ0v) is 24.0. The number of esters is 1. The molecule has 2 saturated carbocycles. The van der Waals surface area contributed by atoms with Gasteiger partial charge in [-0.2, -0.15) is 0 Å². The van der Waals surface area contributed by atoms with Crippen molar-refractivity contribution >= 4 is 11.8 Å². The second kappa shape index (κ2) is 7.70. The molecule has 1 spiro atoms. The number of Topliss-reactive ketones (excluding diaryl/α,β-unsaturated/α-hetero) is 1. The number of hydrogen-bond acceptors (Lipinski definition) is 6. The van der Waals surface area contributed by atoms with Crippen LogP contribution in [0.2, 0.25) is 0 Å². The van der Waals surface area contributed by atoms with Crippen molar-refractivity contribution in [1.29, 1.82) is 0 Å². The number of nitrogens with zero attached hydrogens (tertiary/aromatic N) is 1. The minimum atomic E-state index is -1.80. The number of ketones is 1. The molecule has 4 aliphatic carbocycles. The number of allylic oxidation sites excluding steroid dienone is 1. The molecule has 38 heavy (non-hydrogen) atoms. The molecule has 1 saturated heterocycles. The number of carbonyl (C=O) groups is 2. The number of aryl methyl sites for hydroxylation is 2. The number of fused-ring (bicyclic) bond motifs is 5. The largest absolute Gasteiger partial charge is 0.451 e. The molecule has 0 radical (unpaired) electrons. The van der Waals surface area contributed by atoms with Crippen molar-refractivity contribution in [3.05, 3.63) is 46.3 Å². The summed E-state index contributed by atoms with van der Waals surface area (Å²) in [5.41, 5.74) is 0.544. The molecule has 7 nitrogen and oxygen atoms in total. The van der Waals surface area contributed by atoms with Gasteiger partial charge in [0.05, 0.1) is 17.6 Å². The first-order chi connectivity index (χ1) is 17.6. The average Bonchev–Trinajstić information content (AvgIpc) is 3.18. The Morgan fingerprint density at radius 2 is 1.87 bits per heavy atom. The van der Waals surface area contributed by atoms with Crippen LogP contribution in [0.5, 0.6) is 0 Å². The van der Waals surface area contributed by atoms with E-state index in [-0.39, 0.29) is 35.6 Å². The van der Waals surface area contributed by atoms with E-state index in [0.717, 1.165) is 23.3 Å². The number of aromatic nitrogens is 1. The van der Waals surface area contributed by atoms with E-state index in [9.17, 15) is 14.7 Å². The molecule has 206 valence electrons. The highest BCUT2D eigenvalue weighted by atomic mass is 16.7. The van der Waals surface area contributed by atoms with Gasteiger partial charge in [-0.3, -0.25) is 4.79 Å². The van der Waals surface area contributed by atoms with Gasteiger partial charge in [0, 0.05) is 24.9 Å². The van der Waals surface area contributed by atoms with E-state index < -0.39 is 35.0 Å². The van der Waals surface area contributed by atoms with Gasteiger partial charge < -0.3 is 23.9 Å². The number of rotatable bonds is 2. The van der Waals surface area contributed by atoms with Crippen molar-refractivity contribution in [2.75, 3.05) is 6.61 Å². The van der Waals surface area contributed by atoms with Gasteiger partial charge in [0.2, 0.25) is 0 Å². The van der Waals surface area contributed by atoms with Gasteiger partial charge in [0.25, 0.3) is 0 Å². The first-order valence-corrected chi connectivity index (χ1v) is 13.9. The molecule has 1 aromatic heterocycles. The molecule has 6 rings (SSSR count). The molecule has 1 aromatic rings. The van der Waals surface area contributed by atoms with E-state index in [2.05, 4.69) is 20.8 Å². The van der Waals surface area contributed by atoms with Crippen LogP contribution in [0.15, 0.2) is 29.5 Å². The monoisotopic (exact) mass is 523 g/mol. The molecular formula is C31H41NO6. The maximum absolute atomic E-state index is 14.8. The van der Waals surface area contributed by atoms with E-state index >= 15 is 0 Å². The van der Waals surface area contributed by atoms with E-state index in [4.69, 9.17) is 14.2 Å². The summed E-state index contributed by atoms with van der Waals surface area (Å²) in [7, 11) is 1.89. The number of aliphatic hydroxyl groups is 1. The fraction of sp³-hybridized carbons (Fsp3) is 0.677. The summed E-state index contributed by atoms with van der Waals surface area (Å²) < 4.78 is 20.7. The number of carbonyl (C=O) groups excluding carboxylic acids is 2. The second-order valence-corrected chi connectivity index (χ2v) is 13.7.